The number of methoxy groups -OCH3 is 1. The van der Waals surface area contributed by atoms with Gasteiger partial charge < -0.3 is 4.74 Å². The van der Waals surface area contributed by atoms with Crippen molar-refractivity contribution in [3.8, 4) is 0 Å². The minimum atomic E-state index is -0.590. The van der Waals surface area contributed by atoms with Gasteiger partial charge in [0.15, 0.2) is 0 Å². The molecule has 0 amide bonds. The number of esters is 1. The third kappa shape index (κ3) is 2.29. The number of rotatable bonds is 2. The molecule has 1 aliphatic rings. The molecular weight excluding hydrogens is 228 g/mol. The van der Waals surface area contributed by atoms with Crippen LogP contribution in [0.5, 0.6) is 0 Å². The van der Waals surface area contributed by atoms with Gasteiger partial charge >= 0.3 is 5.97 Å². The van der Waals surface area contributed by atoms with Gasteiger partial charge in [0.1, 0.15) is 17.7 Å². The molecule has 0 bridgehead atoms. The first-order valence-electron chi connectivity index (χ1n) is 5.41. The molecule has 1 aromatic rings. The number of carbonyl (C=O) groups excluding carboxylic acids is 1. The molecule has 0 unspecified atom stereocenters. The average Bonchev–Trinajstić information content (AvgIpc) is 2.77. The summed E-state index contributed by atoms with van der Waals surface area (Å²) < 4.78 is 31.6. The summed E-state index contributed by atoms with van der Waals surface area (Å²) >= 11 is 0. The van der Waals surface area contributed by atoms with Crippen molar-refractivity contribution in [2.24, 2.45) is 0 Å². The Balaban J connectivity index is 2.18. The van der Waals surface area contributed by atoms with Crippen LogP contribution in [0.25, 0.3) is 0 Å². The Bertz CT molecular complexity index is 416. The van der Waals surface area contributed by atoms with Gasteiger partial charge in [-0.25, -0.2) is 8.78 Å². The standard InChI is InChI=1S/C12H13F2NO2/c1-17-12(16)10-6-5-9(15-10)11-7(13)3-2-4-8(11)14/h2-4,9-10,15H,5-6H2,1H3/t9-,10+/m1/s1. The van der Waals surface area contributed by atoms with E-state index < -0.39 is 29.7 Å². The number of halogens is 2. The van der Waals surface area contributed by atoms with E-state index in [1.807, 2.05) is 0 Å². The highest BCUT2D eigenvalue weighted by Gasteiger charge is 2.33. The van der Waals surface area contributed by atoms with Crippen molar-refractivity contribution in [1.29, 1.82) is 0 Å². The first-order valence-corrected chi connectivity index (χ1v) is 5.41. The Morgan fingerprint density at radius 3 is 2.59 bits per heavy atom. The summed E-state index contributed by atoms with van der Waals surface area (Å²) in [5.41, 5.74) is -0.00102. The molecule has 0 aliphatic carbocycles. The van der Waals surface area contributed by atoms with Crippen LogP contribution in [0.2, 0.25) is 0 Å². The van der Waals surface area contributed by atoms with E-state index in [-0.39, 0.29) is 5.56 Å². The number of nitrogens with one attached hydrogen (secondary N) is 1. The summed E-state index contributed by atoms with van der Waals surface area (Å²) in [4.78, 5) is 11.3. The van der Waals surface area contributed by atoms with E-state index in [9.17, 15) is 13.6 Å². The molecule has 3 nitrogen and oxygen atoms in total. The normalized spacial score (nSPS) is 23.7. The highest BCUT2D eigenvalue weighted by atomic mass is 19.1. The lowest BCUT2D eigenvalue weighted by atomic mass is 10.0. The van der Waals surface area contributed by atoms with Gasteiger partial charge in [-0.05, 0) is 25.0 Å². The average molecular weight is 241 g/mol. The fraction of sp³-hybridized carbons (Fsp3) is 0.417. The van der Waals surface area contributed by atoms with Gasteiger partial charge in [-0.1, -0.05) is 6.07 Å². The molecule has 1 heterocycles. The number of hydrogen-bond acceptors (Lipinski definition) is 3. The summed E-state index contributed by atoms with van der Waals surface area (Å²) in [6.07, 6.45) is 1.03. The Morgan fingerprint density at radius 2 is 2.00 bits per heavy atom. The fourth-order valence-corrected chi connectivity index (χ4v) is 2.14. The maximum atomic E-state index is 13.5. The lowest BCUT2D eigenvalue weighted by Crippen LogP contribution is -2.33. The highest BCUT2D eigenvalue weighted by molar-refractivity contribution is 5.76. The smallest absolute Gasteiger partial charge is 0.322 e. The van der Waals surface area contributed by atoms with Crippen LogP contribution in [-0.2, 0) is 9.53 Å². The van der Waals surface area contributed by atoms with E-state index in [1.54, 1.807) is 0 Å². The number of hydrogen-bond donors (Lipinski definition) is 1. The zero-order valence-electron chi connectivity index (χ0n) is 9.37. The van der Waals surface area contributed by atoms with Crippen LogP contribution >= 0.6 is 0 Å². The molecular formula is C12H13F2NO2. The number of ether oxygens (including phenoxy) is 1. The van der Waals surface area contributed by atoms with E-state index in [4.69, 9.17) is 0 Å². The summed E-state index contributed by atoms with van der Waals surface area (Å²) in [5.74, 6) is -1.58. The molecule has 0 spiro atoms. The molecule has 2 rings (SSSR count). The zero-order valence-corrected chi connectivity index (χ0v) is 9.37. The predicted molar refractivity (Wildman–Crippen MR) is 57.3 cm³/mol. The van der Waals surface area contributed by atoms with Gasteiger partial charge in [0.25, 0.3) is 0 Å². The molecule has 1 saturated heterocycles. The van der Waals surface area contributed by atoms with Crippen LogP contribution in [0.4, 0.5) is 8.78 Å². The summed E-state index contributed by atoms with van der Waals surface area (Å²) in [6.45, 7) is 0. The minimum Gasteiger partial charge on any atom is -0.468 e. The second kappa shape index (κ2) is 4.79. The van der Waals surface area contributed by atoms with Crippen molar-refractivity contribution in [3.63, 3.8) is 0 Å². The molecule has 1 fully saturated rings. The van der Waals surface area contributed by atoms with E-state index in [2.05, 4.69) is 10.1 Å². The van der Waals surface area contributed by atoms with Crippen molar-refractivity contribution in [3.05, 3.63) is 35.4 Å². The maximum Gasteiger partial charge on any atom is 0.322 e. The molecule has 0 aromatic heterocycles. The Kier molecular flexibility index (Phi) is 3.38. The molecule has 1 N–H and O–H groups in total. The topological polar surface area (TPSA) is 38.3 Å². The van der Waals surface area contributed by atoms with Crippen LogP contribution in [0.3, 0.4) is 0 Å². The van der Waals surface area contributed by atoms with Crippen molar-refractivity contribution < 1.29 is 18.3 Å². The molecule has 0 saturated carbocycles. The van der Waals surface area contributed by atoms with Gasteiger partial charge in [0, 0.05) is 11.6 Å². The molecule has 5 heteroatoms. The van der Waals surface area contributed by atoms with Crippen LogP contribution < -0.4 is 5.32 Å². The number of carbonyl (C=O) groups is 1. The first kappa shape index (κ1) is 12.0. The quantitative estimate of drug-likeness (QED) is 0.804. The van der Waals surface area contributed by atoms with Gasteiger partial charge in [-0.15, -0.1) is 0 Å². The SMILES string of the molecule is COC(=O)[C@@H]1CC[C@H](c2c(F)cccc2F)N1. The Morgan fingerprint density at radius 1 is 1.35 bits per heavy atom. The maximum absolute atomic E-state index is 13.5. The van der Waals surface area contributed by atoms with Crippen LogP contribution in [-0.4, -0.2) is 19.1 Å². The Hall–Kier alpha value is -1.49. The third-order valence-electron chi connectivity index (χ3n) is 2.98. The van der Waals surface area contributed by atoms with E-state index in [0.717, 1.165) is 0 Å². The van der Waals surface area contributed by atoms with Crippen LogP contribution in [0.1, 0.15) is 24.4 Å². The first-order chi connectivity index (χ1) is 8.13. The van der Waals surface area contributed by atoms with E-state index in [1.165, 1.54) is 25.3 Å². The highest BCUT2D eigenvalue weighted by Crippen LogP contribution is 2.30. The summed E-state index contributed by atoms with van der Waals surface area (Å²) in [7, 11) is 1.29. The molecule has 1 aromatic carbocycles. The van der Waals surface area contributed by atoms with E-state index >= 15 is 0 Å². The molecule has 2 atom stereocenters. The van der Waals surface area contributed by atoms with Gasteiger partial charge in [0.2, 0.25) is 0 Å². The van der Waals surface area contributed by atoms with E-state index in [0.29, 0.717) is 12.8 Å². The summed E-state index contributed by atoms with van der Waals surface area (Å²) in [5, 5.41) is 2.89. The van der Waals surface area contributed by atoms with Crippen molar-refractivity contribution in [2.75, 3.05) is 7.11 Å². The lowest BCUT2D eigenvalue weighted by molar-refractivity contribution is -0.142. The molecule has 0 radical (unpaired) electrons. The Labute approximate surface area is 97.8 Å². The molecule has 1 aliphatic heterocycles. The number of benzene rings is 1. The van der Waals surface area contributed by atoms with Crippen LogP contribution in [0.15, 0.2) is 18.2 Å². The second-order valence-corrected chi connectivity index (χ2v) is 4.01. The third-order valence-corrected chi connectivity index (χ3v) is 2.98. The van der Waals surface area contributed by atoms with Crippen molar-refractivity contribution in [1.82, 2.24) is 5.32 Å². The monoisotopic (exact) mass is 241 g/mol. The second-order valence-electron chi connectivity index (χ2n) is 4.01. The van der Waals surface area contributed by atoms with Gasteiger partial charge in [0.05, 0.1) is 7.11 Å². The minimum absolute atomic E-state index is 0.00102. The van der Waals surface area contributed by atoms with Gasteiger partial charge in [-0.2, -0.15) is 0 Å². The van der Waals surface area contributed by atoms with Crippen molar-refractivity contribution >= 4 is 5.97 Å². The van der Waals surface area contributed by atoms with Crippen molar-refractivity contribution in [2.45, 2.75) is 24.9 Å². The lowest BCUT2D eigenvalue weighted by Gasteiger charge is -2.14. The molecule has 17 heavy (non-hydrogen) atoms. The largest absolute Gasteiger partial charge is 0.468 e. The summed E-state index contributed by atoms with van der Waals surface area (Å²) in [6, 6.07) is 2.79. The fourth-order valence-electron chi connectivity index (χ4n) is 2.14. The predicted octanol–water partition coefficient (Wildman–Crippen LogP) is 1.93. The molecule has 92 valence electrons. The zero-order chi connectivity index (χ0) is 12.4. The van der Waals surface area contributed by atoms with Gasteiger partial charge in [-0.3, -0.25) is 10.1 Å². The van der Waals surface area contributed by atoms with Crippen LogP contribution in [0, 0.1) is 11.6 Å².